The van der Waals surface area contributed by atoms with Gasteiger partial charge >= 0.3 is 0 Å². The fraction of sp³-hybridized carbons (Fsp3) is 0.667. The summed E-state index contributed by atoms with van der Waals surface area (Å²) in [4.78, 5) is 1.10. The molecule has 0 radical (unpaired) electrons. The van der Waals surface area contributed by atoms with Crippen LogP contribution in [0.3, 0.4) is 0 Å². The number of aliphatic hydroxyl groups excluding tert-OH is 1. The van der Waals surface area contributed by atoms with Crippen LogP contribution >= 0.6 is 24.4 Å². The van der Waals surface area contributed by atoms with Crippen molar-refractivity contribution in [1.29, 1.82) is 0 Å². The smallest absolute Gasteiger partial charge is 0.123 e. The molecule has 2 nitrogen and oxygen atoms in total. The summed E-state index contributed by atoms with van der Waals surface area (Å²) in [5.41, 5.74) is 1.41. The first-order valence-corrected chi connectivity index (χ1v) is 8.94. The Morgan fingerprint density at radius 1 is 1.00 bits per heavy atom. The van der Waals surface area contributed by atoms with Crippen LogP contribution < -0.4 is 0 Å². The first-order chi connectivity index (χ1) is 9.78. The third kappa shape index (κ3) is 5.10. The number of aromatic hydroxyl groups is 1. The molecule has 0 saturated heterocycles. The van der Waals surface area contributed by atoms with Crippen LogP contribution in [0.1, 0.15) is 66.0 Å². The second-order valence-corrected chi connectivity index (χ2v) is 11.1. The van der Waals surface area contributed by atoms with E-state index in [1.807, 2.05) is 6.07 Å². The lowest BCUT2D eigenvalue weighted by Crippen LogP contribution is -2.22. The summed E-state index contributed by atoms with van der Waals surface area (Å²) in [6.07, 6.45) is 0.614. The van der Waals surface area contributed by atoms with Gasteiger partial charge in [0.2, 0.25) is 0 Å². The van der Waals surface area contributed by atoms with Crippen LogP contribution in [0.4, 0.5) is 0 Å². The van der Waals surface area contributed by atoms with Crippen molar-refractivity contribution in [3.8, 4) is 5.75 Å². The van der Waals surface area contributed by atoms with E-state index in [4.69, 9.17) is 0 Å². The average Bonchev–Trinajstić information content (AvgIpc) is 2.27. The predicted molar refractivity (Wildman–Crippen MR) is 100 cm³/mol. The summed E-state index contributed by atoms with van der Waals surface area (Å²) in [5.74, 6) is 0.354. The Morgan fingerprint density at radius 3 is 1.91 bits per heavy atom. The largest absolute Gasteiger partial charge is 0.507 e. The van der Waals surface area contributed by atoms with Crippen molar-refractivity contribution >= 4 is 24.4 Å². The number of thioether (sulfide) groups is 1. The van der Waals surface area contributed by atoms with Crippen molar-refractivity contribution in [2.24, 2.45) is 0 Å². The highest BCUT2D eigenvalue weighted by molar-refractivity contribution is 8.11. The summed E-state index contributed by atoms with van der Waals surface area (Å²) in [6, 6.07) is 4.11. The Balaban J connectivity index is 3.52. The molecule has 126 valence electrons. The Bertz CT molecular complexity index is 523. The predicted octanol–water partition coefficient (Wildman–Crippen LogP) is 5.11. The van der Waals surface area contributed by atoms with E-state index in [2.05, 4.69) is 67.2 Å². The summed E-state index contributed by atoms with van der Waals surface area (Å²) < 4.78 is -0.190. The second kappa shape index (κ2) is 6.66. The van der Waals surface area contributed by atoms with Gasteiger partial charge in [0, 0.05) is 22.6 Å². The lowest BCUT2D eigenvalue weighted by Gasteiger charge is -2.31. The maximum Gasteiger partial charge on any atom is 0.123 e. The van der Waals surface area contributed by atoms with E-state index in [0.29, 0.717) is 12.2 Å². The third-order valence-electron chi connectivity index (χ3n) is 3.72. The fourth-order valence-corrected chi connectivity index (χ4v) is 3.70. The third-order valence-corrected chi connectivity index (χ3v) is 4.97. The molecule has 22 heavy (non-hydrogen) atoms. The normalized spacial score (nSPS) is 13.5. The van der Waals surface area contributed by atoms with E-state index in [9.17, 15) is 10.2 Å². The molecule has 0 aromatic heterocycles. The topological polar surface area (TPSA) is 40.5 Å². The molecule has 0 bridgehead atoms. The molecule has 1 rings (SSSR count). The molecule has 0 spiro atoms. The van der Waals surface area contributed by atoms with E-state index in [-0.39, 0.29) is 21.5 Å². The van der Waals surface area contributed by atoms with Crippen molar-refractivity contribution in [2.45, 2.75) is 74.7 Å². The molecule has 0 saturated carbocycles. The van der Waals surface area contributed by atoms with Gasteiger partial charge in [0.15, 0.2) is 0 Å². The minimum atomic E-state index is -0.282. The Kier molecular flexibility index (Phi) is 5.97. The molecular formula is C18H30O2S2. The van der Waals surface area contributed by atoms with Gasteiger partial charge in [-0.15, -0.1) is 11.8 Å². The van der Waals surface area contributed by atoms with Crippen LogP contribution in [0.5, 0.6) is 5.75 Å². The van der Waals surface area contributed by atoms with Gasteiger partial charge in [0.25, 0.3) is 0 Å². The number of phenols is 1. The Morgan fingerprint density at radius 2 is 1.50 bits per heavy atom. The van der Waals surface area contributed by atoms with Gasteiger partial charge in [0.05, 0.1) is 4.08 Å². The standard InChI is InChI=1S/C18H30O2S2/c1-16(2,3)13-10-12(22-18(6,7)21)11-14(15(13)20)17(4,5)8-9-19/h10-11,19-21H,8-9H2,1-7H3. The van der Waals surface area contributed by atoms with Crippen LogP contribution in [0.15, 0.2) is 17.0 Å². The first-order valence-electron chi connectivity index (χ1n) is 7.68. The molecule has 0 fully saturated rings. The quantitative estimate of drug-likeness (QED) is 0.396. The SMILES string of the molecule is CC(C)(S)Sc1cc(C(C)(C)C)c(O)c(C(C)(C)CCO)c1. The van der Waals surface area contributed by atoms with Crippen LogP contribution in [-0.2, 0) is 10.8 Å². The molecule has 0 unspecified atom stereocenters. The number of thiol groups is 1. The summed E-state index contributed by atoms with van der Waals surface area (Å²) in [6.45, 7) is 14.6. The van der Waals surface area contributed by atoms with Crippen molar-refractivity contribution in [3.63, 3.8) is 0 Å². The number of rotatable bonds is 5. The number of aliphatic hydroxyl groups is 1. The van der Waals surface area contributed by atoms with E-state index in [0.717, 1.165) is 16.0 Å². The van der Waals surface area contributed by atoms with Gasteiger partial charge < -0.3 is 10.2 Å². The fourth-order valence-electron chi connectivity index (χ4n) is 2.46. The number of hydrogen-bond donors (Lipinski definition) is 3. The Hall–Kier alpha value is -0.320. The maximum absolute atomic E-state index is 10.8. The van der Waals surface area contributed by atoms with Crippen LogP contribution in [0.25, 0.3) is 0 Å². The zero-order valence-electron chi connectivity index (χ0n) is 14.8. The molecule has 2 N–H and O–H groups in total. The molecule has 0 atom stereocenters. The van der Waals surface area contributed by atoms with Crippen LogP contribution in [0.2, 0.25) is 0 Å². The molecular weight excluding hydrogens is 312 g/mol. The number of hydrogen-bond acceptors (Lipinski definition) is 4. The summed E-state index contributed by atoms with van der Waals surface area (Å²) >= 11 is 6.29. The van der Waals surface area contributed by atoms with Gasteiger partial charge in [-0.05, 0) is 43.2 Å². The molecule has 1 aromatic rings. The number of phenolic OH excluding ortho intramolecular Hbond substituents is 1. The van der Waals surface area contributed by atoms with Crippen molar-refractivity contribution in [3.05, 3.63) is 23.3 Å². The molecule has 4 heteroatoms. The highest BCUT2D eigenvalue weighted by atomic mass is 32.2. The van der Waals surface area contributed by atoms with Crippen molar-refractivity contribution in [2.75, 3.05) is 6.61 Å². The monoisotopic (exact) mass is 342 g/mol. The van der Waals surface area contributed by atoms with Crippen LogP contribution in [-0.4, -0.2) is 20.9 Å². The van der Waals surface area contributed by atoms with Crippen molar-refractivity contribution in [1.82, 2.24) is 0 Å². The van der Waals surface area contributed by atoms with Gasteiger partial charge in [-0.1, -0.05) is 34.6 Å². The zero-order chi connectivity index (χ0) is 17.3. The minimum Gasteiger partial charge on any atom is -0.507 e. The Labute approximate surface area is 145 Å². The maximum atomic E-state index is 10.8. The van der Waals surface area contributed by atoms with Crippen LogP contribution in [0, 0.1) is 0 Å². The molecule has 0 amide bonds. The van der Waals surface area contributed by atoms with Gasteiger partial charge in [0.1, 0.15) is 5.75 Å². The molecule has 0 aliphatic carbocycles. The average molecular weight is 343 g/mol. The first kappa shape index (κ1) is 19.7. The second-order valence-electron chi connectivity index (χ2n) is 8.02. The summed E-state index contributed by atoms with van der Waals surface area (Å²) in [5, 5.41) is 20.1. The molecule has 0 aliphatic heterocycles. The zero-order valence-corrected chi connectivity index (χ0v) is 16.5. The van der Waals surface area contributed by atoms with Gasteiger partial charge in [-0.25, -0.2) is 0 Å². The highest BCUT2D eigenvalue weighted by Gasteiger charge is 2.30. The van der Waals surface area contributed by atoms with E-state index in [1.165, 1.54) is 0 Å². The molecule has 1 aromatic carbocycles. The van der Waals surface area contributed by atoms with E-state index < -0.39 is 0 Å². The lowest BCUT2D eigenvalue weighted by molar-refractivity contribution is 0.249. The molecule has 0 aliphatic rings. The molecule has 0 heterocycles. The van der Waals surface area contributed by atoms with Gasteiger partial charge in [-0.3, -0.25) is 0 Å². The van der Waals surface area contributed by atoms with Gasteiger partial charge in [-0.2, -0.15) is 12.6 Å². The summed E-state index contributed by atoms with van der Waals surface area (Å²) in [7, 11) is 0. The van der Waals surface area contributed by atoms with E-state index >= 15 is 0 Å². The lowest BCUT2D eigenvalue weighted by atomic mass is 9.77. The number of benzene rings is 1. The minimum absolute atomic E-state index is 0.104. The van der Waals surface area contributed by atoms with E-state index in [1.54, 1.807) is 11.8 Å². The van der Waals surface area contributed by atoms with Crippen molar-refractivity contribution < 1.29 is 10.2 Å². The highest BCUT2D eigenvalue weighted by Crippen LogP contribution is 2.45.